The third-order valence-electron chi connectivity index (χ3n) is 6.01. The molecule has 5 nitrogen and oxygen atoms in total. The van der Waals surface area contributed by atoms with Crippen LogP contribution < -0.4 is 4.90 Å². The number of benzene rings is 1. The molecule has 8 heteroatoms. The highest BCUT2D eigenvalue weighted by Crippen LogP contribution is 2.47. The van der Waals surface area contributed by atoms with Gasteiger partial charge >= 0.3 is 5.97 Å². The van der Waals surface area contributed by atoms with Crippen molar-refractivity contribution in [2.45, 2.75) is 45.1 Å². The first-order valence-electron chi connectivity index (χ1n) is 10.3. The van der Waals surface area contributed by atoms with E-state index >= 15 is 8.78 Å². The van der Waals surface area contributed by atoms with Gasteiger partial charge in [0, 0.05) is 26.6 Å². The fourth-order valence-corrected chi connectivity index (χ4v) is 5.32. The number of hydrogen-bond donors (Lipinski definition) is 1. The molecule has 1 aliphatic heterocycles. The van der Waals surface area contributed by atoms with Crippen molar-refractivity contribution < 1.29 is 23.4 Å². The Morgan fingerprint density at radius 3 is 2.43 bits per heavy atom. The van der Waals surface area contributed by atoms with Gasteiger partial charge < -0.3 is 14.7 Å². The third kappa shape index (κ3) is 4.34. The largest absolute Gasteiger partial charge is 0.481 e. The van der Waals surface area contributed by atoms with Crippen LogP contribution in [0.15, 0.2) is 12.1 Å². The highest BCUT2D eigenvalue weighted by Gasteiger charge is 2.36. The van der Waals surface area contributed by atoms with Gasteiger partial charge in [0.2, 0.25) is 0 Å². The lowest BCUT2D eigenvalue weighted by atomic mass is 9.93. The minimum absolute atomic E-state index is 0.0270. The molecule has 4 rings (SSSR count). The average Bonchev–Trinajstić information content (AvgIpc) is 3.44. The summed E-state index contributed by atoms with van der Waals surface area (Å²) in [5.41, 5.74) is 1.22. The van der Waals surface area contributed by atoms with Gasteiger partial charge in [0.1, 0.15) is 23.4 Å². The molecule has 1 aromatic carbocycles. The van der Waals surface area contributed by atoms with E-state index < -0.39 is 17.6 Å². The molecule has 1 unspecified atom stereocenters. The van der Waals surface area contributed by atoms with Crippen molar-refractivity contribution in [2.24, 2.45) is 11.8 Å². The number of carboxylic acid groups (broad SMARTS) is 1. The summed E-state index contributed by atoms with van der Waals surface area (Å²) in [6, 6.07) is 2.77. The number of anilines is 1. The Balaban J connectivity index is 1.59. The van der Waals surface area contributed by atoms with Crippen LogP contribution in [0.5, 0.6) is 0 Å². The normalized spacial score (nSPS) is 18.6. The van der Waals surface area contributed by atoms with Crippen molar-refractivity contribution in [1.29, 1.82) is 0 Å². The van der Waals surface area contributed by atoms with Crippen LogP contribution in [-0.2, 0) is 9.53 Å². The molecular weight excluding hydrogens is 410 g/mol. The molecule has 1 aromatic heterocycles. The summed E-state index contributed by atoms with van der Waals surface area (Å²) >= 11 is 1.43. The Kier molecular flexibility index (Phi) is 6.06. The lowest BCUT2D eigenvalue weighted by Gasteiger charge is -2.33. The molecule has 2 fully saturated rings. The molecule has 1 atom stereocenters. The number of thiazole rings is 1. The third-order valence-corrected chi connectivity index (χ3v) is 7.04. The molecule has 2 aliphatic rings. The Hall–Kier alpha value is -2.06. The number of piperidine rings is 1. The van der Waals surface area contributed by atoms with E-state index in [1.807, 2.05) is 6.92 Å². The smallest absolute Gasteiger partial charge is 0.303 e. The summed E-state index contributed by atoms with van der Waals surface area (Å²) in [5.74, 6) is -1.55. The fourth-order valence-electron chi connectivity index (χ4n) is 4.38. The molecule has 0 bridgehead atoms. The van der Waals surface area contributed by atoms with Gasteiger partial charge in [-0.2, -0.15) is 0 Å². The van der Waals surface area contributed by atoms with Crippen molar-refractivity contribution in [3.8, 4) is 10.4 Å². The SMILES string of the molecule is COC(c1nc(C)sc1-c1cc(F)c(N2CCC(CC(=O)O)CC2)c(F)c1)C1CC1. The summed E-state index contributed by atoms with van der Waals surface area (Å²) in [6.45, 7) is 2.78. The van der Waals surface area contributed by atoms with E-state index in [0.29, 0.717) is 37.4 Å². The van der Waals surface area contributed by atoms with Crippen molar-refractivity contribution in [3.05, 3.63) is 34.5 Å². The Morgan fingerprint density at radius 1 is 1.27 bits per heavy atom. The summed E-state index contributed by atoms with van der Waals surface area (Å²) in [6.07, 6.45) is 3.34. The van der Waals surface area contributed by atoms with E-state index in [9.17, 15) is 4.79 Å². The molecular formula is C22H26F2N2O3S. The minimum atomic E-state index is -0.827. The molecule has 30 heavy (non-hydrogen) atoms. The Morgan fingerprint density at radius 2 is 1.90 bits per heavy atom. The standard InChI is InChI=1S/C22H26F2N2O3S/c1-12-25-19(21(29-2)14-3-4-14)22(30-12)15-10-16(23)20(17(24)11-15)26-7-5-13(6-8-26)9-18(27)28/h10-11,13-14,21H,3-9H2,1-2H3,(H,27,28). The average molecular weight is 437 g/mol. The summed E-state index contributed by atoms with van der Waals surface area (Å²) in [7, 11) is 1.65. The molecule has 0 spiro atoms. The predicted molar refractivity (Wildman–Crippen MR) is 112 cm³/mol. The zero-order valence-corrected chi connectivity index (χ0v) is 18.0. The molecule has 0 amide bonds. The van der Waals surface area contributed by atoms with E-state index in [0.717, 1.165) is 28.4 Å². The van der Waals surface area contributed by atoms with Crippen molar-refractivity contribution >= 4 is 23.0 Å². The number of ether oxygens (including phenoxy) is 1. The first-order chi connectivity index (χ1) is 14.4. The summed E-state index contributed by atoms with van der Waals surface area (Å²) in [4.78, 5) is 18.0. The number of carboxylic acids is 1. The van der Waals surface area contributed by atoms with Crippen molar-refractivity contribution in [2.75, 3.05) is 25.1 Å². The summed E-state index contributed by atoms with van der Waals surface area (Å²) in [5, 5.41) is 9.79. The van der Waals surface area contributed by atoms with Gasteiger partial charge in [-0.25, -0.2) is 13.8 Å². The fraction of sp³-hybridized carbons (Fsp3) is 0.545. The van der Waals surface area contributed by atoms with Crippen LogP contribution >= 0.6 is 11.3 Å². The second kappa shape index (κ2) is 8.59. The Labute approximate surface area is 178 Å². The molecule has 0 radical (unpaired) electrons. The number of nitrogens with zero attached hydrogens (tertiary/aromatic N) is 2. The number of hydrogen-bond acceptors (Lipinski definition) is 5. The first-order valence-corrected chi connectivity index (χ1v) is 11.1. The van der Waals surface area contributed by atoms with E-state index in [1.54, 1.807) is 12.0 Å². The number of aromatic nitrogens is 1. The van der Waals surface area contributed by atoms with Crippen LogP contribution in [0.3, 0.4) is 0 Å². The van der Waals surface area contributed by atoms with Gasteiger partial charge in [-0.05, 0) is 62.1 Å². The van der Waals surface area contributed by atoms with Crippen molar-refractivity contribution in [3.63, 3.8) is 0 Å². The molecule has 1 N–H and O–H groups in total. The Bertz CT molecular complexity index is 913. The van der Waals surface area contributed by atoms with Crippen LogP contribution in [0.2, 0.25) is 0 Å². The van der Waals surface area contributed by atoms with Gasteiger partial charge in [-0.1, -0.05) is 0 Å². The maximum atomic E-state index is 15.1. The molecule has 2 aromatic rings. The zero-order chi connectivity index (χ0) is 21.4. The van der Waals surface area contributed by atoms with Crippen LogP contribution in [0.25, 0.3) is 10.4 Å². The van der Waals surface area contributed by atoms with Crippen LogP contribution in [0, 0.1) is 30.4 Å². The molecule has 1 aliphatic carbocycles. The predicted octanol–water partition coefficient (Wildman–Crippen LogP) is 5.19. The molecule has 1 saturated carbocycles. The van der Waals surface area contributed by atoms with Gasteiger partial charge in [-0.15, -0.1) is 11.3 Å². The molecule has 162 valence electrons. The van der Waals surface area contributed by atoms with Gasteiger partial charge in [-0.3, -0.25) is 4.79 Å². The number of rotatable bonds is 7. The quantitative estimate of drug-likeness (QED) is 0.648. The monoisotopic (exact) mass is 436 g/mol. The lowest BCUT2D eigenvalue weighted by Crippen LogP contribution is -2.35. The van der Waals surface area contributed by atoms with E-state index in [-0.39, 0.29) is 24.1 Å². The van der Waals surface area contributed by atoms with Gasteiger partial charge in [0.25, 0.3) is 0 Å². The van der Waals surface area contributed by atoms with E-state index in [2.05, 4.69) is 4.98 Å². The number of aliphatic carboxylic acids is 1. The highest BCUT2D eigenvalue weighted by molar-refractivity contribution is 7.15. The lowest BCUT2D eigenvalue weighted by molar-refractivity contribution is -0.138. The number of aryl methyl sites for hydroxylation is 1. The minimum Gasteiger partial charge on any atom is -0.481 e. The van der Waals surface area contributed by atoms with Crippen LogP contribution in [0.4, 0.5) is 14.5 Å². The zero-order valence-electron chi connectivity index (χ0n) is 17.2. The van der Waals surface area contributed by atoms with Gasteiger partial charge in [0.05, 0.1) is 15.6 Å². The molecule has 1 saturated heterocycles. The number of methoxy groups -OCH3 is 1. The second-order valence-corrected chi connectivity index (χ2v) is 9.46. The molecule has 2 heterocycles. The highest BCUT2D eigenvalue weighted by atomic mass is 32.1. The van der Waals surface area contributed by atoms with Gasteiger partial charge in [0.15, 0.2) is 0 Å². The number of halogens is 2. The second-order valence-electron chi connectivity index (χ2n) is 8.26. The number of carbonyl (C=O) groups is 1. The topological polar surface area (TPSA) is 62.7 Å². The first kappa shape index (κ1) is 21.2. The van der Waals surface area contributed by atoms with Crippen LogP contribution in [0.1, 0.15) is 48.9 Å². The van der Waals surface area contributed by atoms with Crippen LogP contribution in [-0.4, -0.2) is 36.3 Å². The maximum Gasteiger partial charge on any atom is 0.303 e. The maximum absolute atomic E-state index is 15.1. The van der Waals surface area contributed by atoms with E-state index in [4.69, 9.17) is 9.84 Å². The van der Waals surface area contributed by atoms with Crippen molar-refractivity contribution in [1.82, 2.24) is 4.98 Å². The summed E-state index contributed by atoms with van der Waals surface area (Å²) < 4.78 is 35.8. The van der Waals surface area contributed by atoms with E-state index in [1.165, 1.54) is 23.5 Å².